The minimum atomic E-state index is -0.521. The molecular weight excluding hydrogens is 398 g/mol. The van der Waals surface area contributed by atoms with Crippen LogP contribution in [-0.4, -0.2) is 66.1 Å². The Morgan fingerprint density at radius 3 is 2.68 bits per heavy atom. The zero-order chi connectivity index (χ0) is 22.2. The Labute approximate surface area is 181 Å². The van der Waals surface area contributed by atoms with Crippen molar-refractivity contribution in [3.05, 3.63) is 29.7 Å². The van der Waals surface area contributed by atoms with E-state index in [9.17, 15) is 14.4 Å². The molecule has 3 aliphatic rings. The normalized spacial score (nSPS) is 24.1. The van der Waals surface area contributed by atoms with Gasteiger partial charge in [-0.1, -0.05) is 12.7 Å². The molecule has 0 bridgehead atoms. The fraction of sp³-hybridized carbons (Fsp3) is 0.545. The average Bonchev–Trinajstić information content (AvgIpc) is 3.16. The molecule has 0 aromatic carbocycles. The third-order valence-corrected chi connectivity index (χ3v) is 7.13. The maximum atomic E-state index is 12.9. The van der Waals surface area contributed by atoms with E-state index in [0.717, 1.165) is 31.9 Å². The summed E-state index contributed by atoms with van der Waals surface area (Å²) in [6.45, 7) is 6.13. The Bertz CT molecular complexity index is 890. The van der Waals surface area contributed by atoms with Crippen LogP contribution >= 0.6 is 0 Å². The summed E-state index contributed by atoms with van der Waals surface area (Å²) < 4.78 is 5.41. The monoisotopic (exact) mass is 427 g/mol. The van der Waals surface area contributed by atoms with Gasteiger partial charge in [-0.25, -0.2) is 4.79 Å². The minimum absolute atomic E-state index is 0.00879. The maximum Gasteiger partial charge on any atom is 0.315 e. The van der Waals surface area contributed by atoms with Crippen LogP contribution in [0.5, 0.6) is 0 Å². The maximum absolute atomic E-state index is 12.9. The van der Waals surface area contributed by atoms with Crippen LogP contribution < -0.4 is 11.1 Å². The third-order valence-electron chi connectivity index (χ3n) is 7.13. The second-order valence-electron chi connectivity index (χ2n) is 8.77. The average molecular weight is 428 g/mol. The molecule has 9 heteroatoms. The van der Waals surface area contributed by atoms with Gasteiger partial charge in [0.15, 0.2) is 11.5 Å². The number of primary amides is 1. The van der Waals surface area contributed by atoms with Gasteiger partial charge in [-0.05, 0) is 49.5 Å². The topological polar surface area (TPSA) is 133 Å². The lowest BCUT2D eigenvalue weighted by Gasteiger charge is -2.36. The van der Waals surface area contributed by atoms with Gasteiger partial charge >= 0.3 is 6.03 Å². The van der Waals surface area contributed by atoms with Gasteiger partial charge in [-0.15, -0.1) is 0 Å². The van der Waals surface area contributed by atoms with Crippen molar-refractivity contribution < 1.29 is 18.8 Å². The predicted molar refractivity (Wildman–Crippen MR) is 115 cm³/mol. The van der Waals surface area contributed by atoms with E-state index in [-0.39, 0.29) is 23.0 Å². The lowest BCUT2D eigenvalue weighted by atomic mass is 9.90. The minimum Gasteiger partial charge on any atom is -0.449 e. The van der Waals surface area contributed by atoms with Crippen molar-refractivity contribution in [1.82, 2.24) is 15.1 Å². The molecule has 31 heavy (non-hydrogen) atoms. The highest BCUT2D eigenvalue weighted by molar-refractivity contribution is 5.94. The quantitative estimate of drug-likeness (QED) is 0.597. The van der Waals surface area contributed by atoms with E-state index in [1.54, 1.807) is 12.1 Å². The summed E-state index contributed by atoms with van der Waals surface area (Å²) in [4.78, 5) is 40.2. The number of amides is 4. The molecule has 1 aromatic heterocycles. The van der Waals surface area contributed by atoms with E-state index < -0.39 is 12.1 Å². The van der Waals surface area contributed by atoms with E-state index in [0.29, 0.717) is 49.8 Å². The number of nitrogens with zero attached hydrogens (tertiary/aromatic N) is 2. The lowest BCUT2D eigenvalue weighted by molar-refractivity contribution is -0.136. The molecule has 1 aromatic rings. The summed E-state index contributed by atoms with van der Waals surface area (Å²) in [6, 6.07) is 0.653. The van der Waals surface area contributed by atoms with Crippen molar-refractivity contribution in [3.8, 4) is 0 Å². The molecule has 1 aliphatic carbocycles. The van der Waals surface area contributed by atoms with Gasteiger partial charge < -0.3 is 30.7 Å². The highest BCUT2D eigenvalue weighted by Crippen LogP contribution is 2.59. The number of urea groups is 1. The molecule has 9 nitrogen and oxygen atoms in total. The number of likely N-dealkylation sites (tertiary alicyclic amines) is 2. The zero-order valence-electron chi connectivity index (χ0n) is 17.6. The number of piperidine rings is 1. The number of carbonyl (C=O) groups excluding carboxylic acids is 3. The zero-order valence-corrected chi connectivity index (χ0v) is 17.6. The molecule has 4 N–H and O–H groups in total. The number of hydrogen-bond donors (Lipinski definition) is 3. The molecule has 4 amide bonds. The van der Waals surface area contributed by atoms with Crippen molar-refractivity contribution in [2.75, 3.05) is 26.2 Å². The third kappa shape index (κ3) is 3.96. The second kappa shape index (κ2) is 8.20. The Kier molecular flexibility index (Phi) is 5.60. The molecule has 3 fully saturated rings. The van der Waals surface area contributed by atoms with Crippen LogP contribution in [0.2, 0.25) is 0 Å². The molecule has 166 valence electrons. The van der Waals surface area contributed by atoms with E-state index >= 15 is 0 Å². The lowest BCUT2D eigenvalue weighted by Crippen LogP contribution is -2.51. The Hall–Kier alpha value is -3.10. The number of furan rings is 1. The smallest absolute Gasteiger partial charge is 0.315 e. The van der Waals surface area contributed by atoms with Gasteiger partial charge in [0.25, 0.3) is 5.91 Å². The van der Waals surface area contributed by atoms with Crippen LogP contribution in [0.25, 0.3) is 6.08 Å². The first-order valence-corrected chi connectivity index (χ1v) is 10.8. The molecule has 2 unspecified atom stereocenters. The van der Waals surface area contributed by atoms with Gasteiger partial charge in [-0.2, -0.15) is 0 Å². The first-order valence-electron chi connectivity index (χ1n) is 10.8. The SMILES string of the molecule is C=Cc1cc(C(=O)NCC2CC23CCN(C(=O)C2CCCN2C(N)=O)CC3)oc1C=N. The summed E-state index contributed by atoms with van der Waals surface area (Å²) in [5.74, 6) is 0.600. The van der Waals surface area contributed by atoms with Crippen molar-refractivity contribution in [1.29, 1.82) is 5.41 Å². The Balaban J connectivity index is 1.26. The van der Waals surface area contributed by atoms with Gasteiger partial charge in [-0.3, -0.25) is 9.59 Å². The van der Waals surface area contributed by atoms with Crippen LogP contribution in [0.15, 0.2) is 17.1 Å². The summed E-state index contributed by atoms with van der Waals surface area (Å²) >= 11 is 0. The van der Waals surface area contributed by atoms with E-state index in [4.69, 9.17) is 15.6 Å². The molecule has 1 spiro atoms. The van der Waals surface area contributed by atoms with Gasteiger partial charge in [0.1, 0.15) is 6.04 Å². The molecule has 2 aliphatic heterocycles. The first kappa shape index (κ1) is 21.1. The van der Waals surface area contributed by atoms with Gasteiger partial charge in [0.2, 0.25) is 5.91 Å². The number of rotatable bonds is 6. The highest BCUT2D eigenvalue weighted by atomic mass is 16.4. The van der Waals surface area contributed by atoms with Crippen molar-refractivity contribution in [2.24, 2.45) is 17.1 Å². The highest BCUT2D eigenvalue weighted by Gasteiger charge is 2.55. The van der Waals surface area contributed by atoms with Crippen LogP contribution in [0.4, 0.5) is 4.79 Å². The van der Waals surface area contributed by atoms with Crippen LogP contribution in [0, 0.1) is 16.7 Å². The second-order valence-corrected chi connectivity index (χ2v) is 8.77. The van der Waals surface area contributed by atoms with Gasteiger partial charge in [0.05, 0.1) is 6.21 Å². The van der Waals surface area contributed by atoms with Crippen molar-refractivity contribution in [2.45, 2.75) is 38.1 Å². The number of carbonyl (C=O) groups is 3. The molecular formula is C22H29N5O4. The Morgan fingerprint density at radius 2 is 2.06 bits per heavy atom. The standard InChI is InChI=1S/C22H29N5O4/c1-2-14-10-17(31-18(14)12-23)19(28)25-13-15-11-22(15)5-8-26(9-6-22)20(29)16-4-3-7-27(16)21(24)30/h2,10,12,15-16,23H,1,3-9,11,13H2,(H2,24,30)(H,25,28). The van der Waals surface area contributed by atoms with Crippen LogP contribution in [0.1, 0.15) is 54.0 Å². The molecule has 3 heterocycles. The molecule has 4 rings (SSSR count). The fourth-order valence-electron chi connectivity index (χ4n) is 5.11. The van der Waals surface area contributed by atoms with Gasteiger partial charge in [0, 0.05) is 31.7 Å². The Morgan fingerprint density at radius 1 is 1.32 bits per heavy atom. The number of nitrogens with two attached hydrogens (primary N) is 1. The van der Waals surface area contributed by atoms with Crippen molar-refractivity contribution >= 4 is 30.1 Å². The largest absolute Gasteiger partial charge is 0.449 e. The summed E-state index contributed by atoms with van der Waals surface area (Å²) in [5, 5.41) is 10.3. The van der Waals surface area contributed by atoms with E-state index in [2.05, 4.69) is 11.9 Å². The molecule has 0 radical (unpaired) electrons. The summed E-state index contributed by atoms with van der Waals surface area (Å²) in [5.41, 5.74) is 6.21. The summed E-state index contributed by atoms with van der Waals surface area (Å²) in [7, 11) is 0. The number of hydrogen-bond acceptors (Lipinski definition) is 5. The summed E-state index contributed by atoms with van der Waals surface area (Å²) in [6.07, 6.45) is 6.95. The van der Waals surface area contributed by atoms with Crippen LogP contribution in [0.3, 0.4) is 0 Å². The van der Waals surface area contributed by atoms with E-state index in [1.807, 2.05) is 4.90 Å². The van der Waals surface area contributed by atoms with E-state index in [1.165, 1.54) is 4.90 Å². The molecule has 2 atom stereocenters. The van der Waals surface area contributed by atoms with Crippen LogP contribution in [-0.2, 0) is 4.79 Å². The molecule has 2 saturated heterocycles. The molecule has 1 saturated carbocycles. The fourth-order valence-corrected chi connectivity index (χ4v) is 5.11. The number of nitrogens with one attached hydrogen (secondary N) is 2. The predicted octanol–water partition coefficient (Wildman–Crippen LogP) is 1.82. The first-order chi connectivity index (χ1) is 14.9. The van der Waals surface area contributed by atoms with Crippen molar-refractivity contribution in [3.63, 3.8) is 0 Å².